The Morgan fingerprint density at radius 3 is 2.36 bits per heavy atom. The van der Waals surface area contributed by atoms with E-state index < -0.39 is 24.2 Å². The van der Waals surface area contributed by atoms with Gasteiger partial charge in [-0.15, -0.1) is 0 Å². The summed E-state index contributed by atoms with van der Waals surface area (Å²) in [5, 5.41) is 2.54. The largest absolute Gasteiger partial charge is 0.432 e. The molecule has 1 N–H and O–H groups in total. The predicted molar refractivity (Wildman–Crippen MR) is 96.8 cm³/mol. The number of rotatable bonds is 5. The van der Waals surface area contributed by atoms with Crippen LogP contribution >= 0.6 is 0 Å². The average Bonchev–Trinajstić information content (AvgIpc) is 3.17. The SMILES string of the molecule is O=C(CC1CCCC1)N1CCN(C(=O)Nc2ccc(OC(F)F)c(F)c2)CC1. The molecule has 0 atom stereocenters. The second-order valence-electron chi connectivity index (χ2n) is 7.18. The van der Waals surface area contributed by atoms with Crippen molar-refractivity contribution in [2.75, 3.05) is 31.5 Å². The standard InChI is InChI=1S/C19H24F3N3O3/c20-15-12-14(5-6-16(15)28-18(21)22)23-19(27)25-9-7-24(8-10-25)17(26)11-13-3-1-2-4-13/h5-6,12-13,18H,1-4,7-11H2,(H,23,27). The molecule has 2 aliphatic rings. The number of urea groups is 1. The molecule has 0 aromatic heterocycles. The molecule has 3 rings (SSSR count). The van der Waals surface area contributed by atoms with Crippen molar-refractivity contribution >= 4 is 17.6 Å². The van der Waals surface area contributed by atoms with E-state index in [0.717, 1.165) is 25.0 Å². The summed E-state index contributed by atoms with van der Waals surface area (Å²) in [7, 11) is 0. The summed E-state index contributed by atoms with van der Waals surface area (Å²) >= 11 is 0. The van der Waals surface area contributed by atoms with Gasteiger partial charge in [0, 0.05) is 44.4 Å². The molecule has 1 aliphatic carbocycles. The highest BCUT2D eigenvalue weighted by Crippen LogP contribution is 2.28. The highest BCUT2D eigenvalue weighted by atomic mass is 19.3. The third-order valence-corrected chi connectivity index (χ3v) is 5.26. The number of nitrogens with zero attached hydrogens (tertiary/aromatic N) is 2. The van der Waals surface area contributed by atoms with E-state index in [2.05, 4.69) is 10.1 Å². The van der Waals surface area contributed by atoms with Gasteiger partial charge in [-0.3, -0.25) is 4.79 Å². The van der Waals surface area contributed by atoms with Crippen molar-refractivity contribution in [3.8, 4) is 5.75 Å². The van der Waals surface area contributed by atoms with Crippen LogP contribution in [0.2, 0.25) is 0 Å². The zero-order valence-corrected chi connectivity index (χ0v) is 15.5. The average molecular weight is 399 g/mol. The predicted octanol–water partition coefficient (Wildman–Crippen LogP) is 3.68. The van der Waals surface area contributed by atoms with Crippen molar-refractivity contribution in [1.82, 2.24) is 9.80 Å². The smallest absolute Gasteiger partial charge is 0.387 e. The molecule has 3 amide bonds. The van der Waals surface area contributed by atoms with Gasteiger partial charge in [-0.05, 0) is 30.9 Å². The zero-order valence-electron chi connectivity index (χ0n) is 15.5. The number of hydrogen-bond donors (Lipinski definition) is 1. The fourth-order valence-electron chi connectivity index (χ4n) is 3.72. The minimum atomic E-state index is -3.12. The molecule has 1 saturated heterocycles. The van der Waals surface area contributed by atoms with Crippen LogP contribution in [0.1, 0.15) is 32.1 Å². The topological polar surface area (TPSA) is 61.9 Å². The molecule has 1 saturated carbocycles. The maximum atomic E-state index is 13.7. The molecule has 0 bridgehead atoms. The molecule has 1 heterocycles. The van der Waals surface area contributed by atoms with Crippen molar-refractivity contribution in [3.63, 3.8) is 0 Å². The first-order chi connectivity index (χ1) is 13.4. The van der Waals surface area contributed by atoms with Crippen molar-refractivity contribution in [2.45, 2.75) is 38.7 Å². The Morgan fingerprint density at radius 1 is 1.11 bits per heavy atom. The van der Waals surface area contributed by atoms with Gasteiger partial charge in [0.05, 0.1) is 0 Å². The normalized spacial score (nSPS) is 17.9. The third kappa shape index (κ3) is 5.30. The number of halogens is 3. The van der Waals surface area contributed by atoms with Crippen LogP contribution in [-0.4, -0.2) is 54.5 Å². The van der Waals surface area contributed by atoms with Gasteiger partial charge < -0.3 is 19.9 Å². The number of ether oxygens (including phenoxy) is 1. The molecule has 0 radical (unpaired) electrons. The third-order valence-electron chi connectivity index (χ3n) is 5.26. The van der Waals surface area contributed by atoms with Crippen LogP contribution in [-0.2, 0) is 4.79 Å². The van der Waals surface area contributed by atoms with Crippen LogP contribution in [0, 0.1) is 11.7 Å². The molecule has 9 heteroatoms. The first-order valence-electron chi connectivity index (χ1n) is 9.50. The molecule has 2 fully saturated rings. The monoisotopic (exact) mass is 399 g/mol. The number of benzene rings is 1. The Bertz CT molecular complexity index is 703. The van der Waals surface area contributed by atoms with Crippen LogP contribution < -0.4 is 10.1 Å². The molecule has 0 unspecified atom stereocenters. The number of amides is 3. The number of carbonyl (C=O) groups is 2. The lowest BCUT2D eigenvalue weighted by molar-refractivity contribution is -0.133. The van der Waals surface area contributed by atoms with Crippen LogP contribution in [0.4, 0.5) is 23.7 Å². The van der Waals surface area contributed by atoms with Gasteiger partial charge in [0.2, 0.25) is 5.91 Å². The van der Waals surface area contributed by atoms with Crippen LogP contribution in [0.25, 0.3) is 0 Å². The Kier molecular flexibility index (Phi) is 6.64. The quantitative estimate of drug-likeness (QED) is 0.822. The van der Waals surface area contributed by atoms with E-state index in [1.54, 1.807) is 9.80 Å². The second-order valence-corrected chi connectivity index (χ2v) is 7.18. The summed E-state index contributed by atoms with van der Waals surface area (Å²) in [5.74, 6) is -0.938. The van der Waals surface area contributed by atoms with E-state index >= 15 is 0 Å². The Labute approximate surface area is 161 Å². The maximum Gasteiger partial charge on any atom is 0.387 e. The lowest BCUT2D eigenvalue weighted by atomic mass is 10.0. The lowest BCUT2D eigenvalue weighted by Crippen LogP contribution is -2.51. The van der Waals surface area contributed by atoms with Crippen LogP contribution in [0.15, 0.2) is 18.2 Å². The van der Waals surface area contributed by atoms with Crippen molar-refractivity contribution in [1.29, 1.82) is 0 Å². The fourth-order valence-corrected chi connectivity index (χ4v) is 3.72. The molecule has 1 aliphatic heterocycles. The first kappa shape index (κ1) is 20.3. The van der Waals surface area contributed by atoms with E-state index in [4.69, 9.17) is 0 Å². The Hall–Kier alpha value is -2.45. The molecule has 28 heavy (non-hydrogen) atoms. The first-order valence-corrected chi connectivity index (χ1v) is 9.50. The minimum Gasteiger partial charge on any atom is -0.432 e. The summed E-state index contributed by atoms with van der Waals surface area (Å²) in [6, 6.07) is 2.83. The van der Waals surface area contributed by atoms with Gasteiger partial charge >= 0.3 is 12.6 Å². The number of carbonyl (C=O) groups excluding carboxylic acids is 2. The molecular formula is C19H24F3N3O3. The van der Waals surface area contributed by atoms with Gasteiger partial charge in [0.15, 0.2) is 11.6 Å². The lowest BCUT2D eigenvalue weighted by Gasteiger charge is -2.35. The maximum absolute atomic E-state index is 13.7. The molecule has 1 aromatic carbocycles. The van der Waals surface area contributed by atoms with Gasteiger partial charge in [0.1, 0.15) is 0 Å². The minimum absolute atomic E-state index is 0.142. The number of hydrogen-bond acceptors (Lipinski definition) is 3. The highest BCUT2D eigenvalue weighted by Gasteiger charge is 2.27. The van der Waals surface area contributed by atoms with Crippen molar-refractivity contribution in [2.24, 2.45) is 5.92 Å². The molecule has 0 spiro atoms. The van der Waals surface area contributed by atoms with E-state index in [9.17, 15) is 22.8 Å². The summed E-state index contributed by atoms with van der Waals surface area (Å²) in [4.78, 5) is 28.0. The summed E-state index contributed by atoms with van der Waals surface area (Å²) in [5.41, 5.74) is 0.142. The summed E-state index contributed by atoms with van der Waals surface area (Å²) < 4.78 is 42.1. The fraction of sp³-hybridized carbons (Fsp3) is 0.579. The van der Waals surface area contributed by atoms with Crippen LogP contribution in [0.3, 0.4) is 0 Å². The van der Waals surface area contributed by atoms with Gasteiger partial charge in [0.25, 0.3) is 0 Å². The van der Waals surface area contributed by atoms with Crippen LogP contribution in [0.5, 0.6) is 5.75 Å². The van der Waals surface area contributed by atoms with Crippen molar-refractivity contribution in [3.05, 3.63) is 24.0 Å². The van der Waals surface area contributed by atoms with E-state index in [-0.39, 0.29) is 11.6 Å². The second kappa shape index (κ2) is 9.16. The van der Waals surface area contributed by atoms with Gasteiger partial charge in [-0.1, -0.05) is 12.8 Å². The number of nitrogens with one attached hydrogen (secondary N) is 1. The number of anilines is 1. The van der Waals surface area contributed by atoms with Crippen molar-refractivity contribution < 1.29 is 27.5 Å². The van der Waals surface area contributed by atoms with Gasteiger partial charge in [-0.2, -0.15) is 8.78 Å². The summed E-state index contributed by atoms with van der Waals surface area (Å²) in [6.45, 7) is -1.42. The zero-order chi connectivity index (χ0) is 20.1. The van der Waals surface area contributed by atoms with E-state index in [1.165, 1.54) is 18.9 Å². The molecule has 1 aromatic rings. The Balaban J connectivity index is 1.47. The number of piperazine rings is 1. The Morgan fingerprint density at radius 2 is 1.75 bits per heavy atom. The van der Waals surface area contributed by atoms with Gasteiger partial charge in [-0.25, -0.2) is 9.18 Å². The van der Waals surface area contributed by atoms with E-state index in [1.807, 2.05) is 0 Å². The number of alkyl halides is 2. The summed E-state index contributed by atoms with van der Waals surface area (Å²) in [6.07, 6.45) is 5.21. The molecule has 154 valence electrons. The highest BCUT2D eigenvalue weighted by molar-refractivity contribution is 5.89. The van der Waals surface area contributed by atoms with E-state index in [0.29, 0.717) is 38.5 Å². The molecular weight excluding hydrogens is 375 g/mol. The molecule has 6 nitrogen and oxygen atoms in total.